The molecule has 0 aromatic heterocycles. The monoisotopic (exact) mass is 249 g/mol. The fourth-order valence-electron chi connectivity index (χ4n) is 2.73. The summed E-state index contributed by atoms with van der Waals surface area (Å²) in [6, 6.07) is 4.97. The molecule has 0 amide bonds. The molecule has 0 spiro atoms. The quantitative estimate of drug-likeness (QED) is 0.888. The number of hydrogen-bond acceptors (Lipinski definition) is 2. The minimum Gasteiger partial charge on any atom is -0.490 e. The SMILES string of the molecule is Fc1ccc(OC2CCC2)c(C2CCCNC2)c1. The van der Waals surface area contributed by atoms with E-state index in [1.54, 1.807) is 12.1 Å². The first kappa shape index (κ1) is 12.0. The van der Waals surface area contributed by atoms with Crippen LogP contribution in [-0.2, 0) is 0 Å². The highest BCUT2D eigenvalue weighted by atomic mass is 19.1. The van der Waals surface area contributed by atoms with E-state index in [0.717, 1.165) is 50.1 Å². The summed E-state index contributed by atoms with van der Waals surface area (Å²) in [6.07, 6.45) is 6.17. The normalized spacial score (nSPS) is 24.6. The molecule has 2 fully saturated rings. The van der Waals surface area contributed by atoms with Gasteiger partial charge in [-0.2, -0.15) is 0 Å². The highest BCUT2D eigenvalue weighted by molar-refractivity contribution is 5.37. The van der Waals surface area contributed by atoms with Crippen LogP contribution in [0.15, 0.2) is 18.2 Å². The number of ether oxygens (including phenoxy) is 1. The second kappa shape index (κ2) is 5.27. The molecule has 0 radical (unpaired) electrons. The third-order valence-electron chi connectivity index (χ3n) is 4.05. The van der Waals surface area contributed by atoms with Gasteiger partial charge in [0, 0.05) is 18.0 Å². The Kier molecular flexibility index (Phi) is 3.50. The van der Waals surface area contributed by atoms with Gasteiger partial charge in [0.1, 0.15) is 11.6 Å². The summed E-state index contributed by atoms with van der Waals surface area (Å²) in [5.41, 5.74) is 1.05. The Morgan fingerprint density at radius 3 is 2.72 bits per heavy atom. The number of piperidine rings is 1. The molecule has 1 aliphatic heterocycles. The third kappa shape index (κ3) is 2.51. The Bertz CT molecular complexity index is 411. The lowest BCUT2D eigenvalue weighted by atomic mass is 9.90. The van der Waals surface area contributed by atoms with Crippen LogP contribution in [0.25, 0.3) is 0 Å². The zero-order valence-corrected chi connectivity index (χ0v) is 10.6. The van der Waals surface area contributed by atoms with Gasteiger partial charge in [0.2, 0.25) is 0 Å². The second-order valence-electron chi connectivity index (χ2n) is 5.40. The van der Waals surface area contributed by atoms with Crippen LogP contribution in [0.5, 0.6) is 5.75 Å². The van der Waals surface area contributed by atoms with Crippen molar-refractivity contribution in [1.29, 1.82) is 0 Å². The van der Waals surface area contributed by atoms with Crippen LogP contribution in [-0.4, -0.2) is 19.2 Å². The maximum Gasteiger partial charge on any atom is 0.123 e. The first-order valence-electron chi connectivity index (χ1n) is 7.00. The van der Waals surface area contributed by atoms with Gasteiger partial charge in [0.25, 0.3) is 0 Å². The molecular weight excluding hydrogens is 229 g/mol. The van der Waals surface area contributed by atoms with E-state index in [0.29, 0.717) is 12.0 Å². The second-order valence-corrected chi connectivity index (χ2v) is 5.40. The third-order valence-corrected chi connectivity index (χ3v) is 4.05. The summed E-state index contributed by atoms with van der Waals surface area (Å²) in [6.45, 7) is 2.01. The molecule has 3 heteroatoms. The molecule has 1 heterocycles. The van der Waals surface area contributed by atoms with Crippen LogP contribution in [0.2, 0.25) is 0 Å². The van der Waals surface area contributed by atoms with E-state index in [9.17, 15) is 4.39 Å². The van der Waals surface area contributed by atoms with E-state index in [1.165, 1.54) is 12.5 Å². The number of halogens is 1. The molecular formula is C15H20FNO. The van der Waals surface area contributed by atoms with Gasteiger partial charge < -0.3 is 10.1 Å². The summed E-state index contributed by atoms with van der Waals surface area (Å²) >= 11 is 0. The van der Waals surface area contributed by atoms with Gasteiger partial charge in [-0.25, -0.2) is 4.39 Å². The van der Waals surface area contributed by atoms with E-state index in [2.05, 4.69) is 5.32 Å². The van der Waals surface area contributed by atoms with Gasteiger partial charge in [-0.1, -0.05) is 0 Å². The van der Waals surface area contributed by atoms with Gasteiger partial charge in [-0.3, -0.25) is 0 Å². The molecule has 1 saturated carbocycles. The molecule has 1 saturated heterocycles. The maximum atomic E-state index is 13.5. The Morgan fingerprint density at radius 1 is 1.17 bits per heavy atom. The smallest absolute Gasteiger partial charge is 0.123 e. The molecule has 1 aromatic rings. The van der Waals surface area contributed by atoms with Crippen LogP contribution in [0, 0.1) is 5.82 Å². The first-order valence-corrected chi connectivity index (χ1v) is 7.00. The summed E-state index contributed by atoms with van der Waals surface area (Å²) in [5, 5.41) is 3.38. The zero-order chi connectivity index (χ0) is 12.4. The van der Waals surface area contributed by atoms with Gasteiger partial charge in [-0.15, -0.1) is 0 Å². The topological polar surface area (TPSA) is 21.3 Å². The predicted octanol–water partition coefficient (Wildman–Crippen LogP) is 3.22. The number of rotatable bonds is 3. The van der Waals surface area contributed by atoms with Gasteiger partial charge in [0.05, 0.1) is 6.10 Å². The van der Waals surface area contributed by atoms with Crippen molar-refractivity contribution in [3.05, 3.63) is 29.6 Å². The number of benzene rings is 1. The van der Waals surface area contributed by atoms with Crippen LogP contribution in [0.4, 0.5) is 4.39 Å². The fraction of sp³-hybridized carbons (Fsp3) is 0.600. The maximum absolute atomic E-state index is 13.5. The predicted molar refractivity (Wildman–Crippen MR) is 69.5 cm³/mol. The molecule has 1 atom stereocenters. The number of hydrogen-bond donors (Lipinski definition) is 1. The van der Waals surface area contributed by atoms with Crippen LogP contribution in [0.1, 0.15) is 43.6 Å². The van der Waals surface area contributed by atoms with Crippen molar-refractivity contribution in [3.8, 4) is 5.75 Å². The van der Waals surface area contributed by atoms with E-state index in [4.69, 9.17) is 4.74 Å². The van der Waals surface area contributed by atoms with Crippen molar-refractivity contribution in [3.63, 3.8) is 0 Å². The first-order chi connectivity index (χ1) is 8.83. The molecule has 2 nitrogen and oxygen atoms in total. The van der Waals surface area contributed by atoms with Crippen molar-refractivity contribution in [2.75, 3.05) is 13.1 Å². The van der Waals surface area contributed by atoms with Crippen molar-refractivity contribution in [2.45, 2.75) is 44.1 Å². The van der Waals surface area contributed by atoms with E-state index >= 15 is 0 Å². The number of nitrogens with one attached hydrogen (secondary N) is 1. The molecule has 2 aliphatic rings. The van der Waals surface area contributed by atoms with Gasteiger partial charge in [-0.05, 0) is 56.8 Å². The molecule has 1 N–H and O–H groups in total. The Hall–Kier alpha value is -1.09. The largest absolute Gasteiger partial charge is 0.490 e. The lowest BCUT2D eigenvalue weighted by molar-refractivity contribution is 0.118. The van der Waals surface area contributed by atoms with Crippen LogP contribution in [0.3, 0.4) is 0 Å². The summed E-state index contributed by atoms with van der Waals surface area (Å²) in [7, 11) is 0. The molecule has 98 valence electrons. The standard InChI is InChI=1S/C15H20FNO/c16-12-6-7-15(18-13-4-1-5-13)14(9-12)11-3-2-8-17-10-11/h6-7,9,11,13,17H,1-5,8,10H2. The zero-order valence-electron chi connectivity index (χ0n) is 10.6. The minimum absolute atomic E-state index is 0.156. The van der Waals surface area contributed by atoms with Crippen molar-refractivity contribution in [1.82, 2.24) is 5.32 Å². The summed E-state index contributed by atoms with van der Waals surface area (Å²) < 4.78 is 19.5. The highest BCUT2D eigenvalue weighted by Crippen LogP contribution is 2.34. The summed E-state index contributed by atoms with van der Waals surface area (Å²) in [4.78, 5) is 0. The summed E-state index contributed by atoms with van der Waals surface area (Å²) in [5.74, 6) is 1.14. The Morgan fingerprint density at radius 2 is 2.06 bits per heavy atom. The Balaban J connectivity index is 1.81. The molecule has 0 bridgehead atoms. The van der Waals surface area contributed by atoms with Gasteiger partial charge >= 0.3 is 0 Å². The van der Waals surface area contributed by atoms with E-state index < -0.39 is 0 Å². The average molecular weight is 249 g/mol. The molecule has 1 unspecified atom stereocenters. The minimum atomic E-state index is -0.156. The average Bonchev–Trinajstić information content (AvgIpc) is 2.36. The lowest BCUT2D eigenvalue weighted by Gasteiger charge is -2.30. The van der Waals surface area contributed by atoms with Crippen LogP contribution >= 0.6 is 0 Å². The molecule has 18 heavy (non-hydrogen) atoms. The van der Waals surface area contributed by atoms with Crippen molar-refractivity contribution < 1.29 is 9.13 Å². The van der Waals surface area contributed by atoms with E-state index in [1.807, 2.05) is 0 Å². The van der Waals surface area contributed by atoms with Gasteiger partial charge in [0.15, 0.2) is 0 Å². The van der Waals surface area contributed by atoms with E-state index in [-0.39, 0.29) is 5.82 Å². The fourth-order valence-corrected chi connectivity index (χ4v) is 2.73. The highest BCUT2D eigenvalue weighted by Gasteiger charge is 2.24. The Labute approximate surface area is 108 Å². The molecule has 1 aliphatic carbocycles. The lowest BCUT2D eigenvalue weighted by Crippen LogP contribution is -2.30. The van der Waals surface area contributed by atoms with Crippen LogP contribution < -0.4 is 10.1 Å². The molecule has 3 rings (SSSR count). The molecule has 1 aromatic carbocycles. The van der Waals surface area contributed by atoms with Crippen molar-refractivity contribution in [2.24, 2.45) is 0 Å². The van der Waals surface area contributed by atoms with Crippen molar-refractivity contribution >= 4 is 0 Å².